The highest BCUT2D eigenvalue weighted by Gasteiger charge is 2.21. The second-order valence-electron chi connectivity index (χ2n) is 11.6. The fourth-order valence-electron chi connectivity index (χ4n) is 3.85. The van der Waals surface area contributed by atoms with Gasteiger partial charge in [-0.05, 0) is 33.1 Å². The summed E-state index contributed by atoms with van der Waals surface area (Å²) < 4.78 is 82.4. The van der Waals surface area contributed by atoms with Crippen LogP contribution in [-0.4, -0.2) is 14.5 Å². The van der Waals surface area contributed by atoms with Crippen molar-refractivity contribution in [2.24, 2.45) is 0 Å². The predicted octanol–water partition coefficient (Wildman–Crippen LogP) is 9.10. The van der Waals surface area contributed by atoms with Crippen LogP contribution in [0.4, 0.5) is 34.5 Å². The zero-order valence-corrected chi connectivity index (χ0v) is 24.3. The van der Waals surface area contributed by atoms with E-state index in [1.807, 2.05) is 0 Å². The van der Waals surface area contributed by atoms with Gasteiger partial charge in [0.15, 0.2) is 24.8 Å². The third kappa shape index (κ3) is 12.4. The molecule has 42 heavy (non-hydrogen) atoms. The molecule has 0 aliphatic heterocycles. The minimum Gasteiger partial charge on any atom is -0.418 e. The summed E-state index contributed by atoms with van der Waals surface area (Å²) in [5.74, 6) is 0. The number of halogens is 8. The van der Waals surface area contributed by atoms with Gasteiger partial charge in [-0.15, -0.1) is 0 Å². The Bertz CT molecular complexity index is 1300. The molecule has 4 aromatic rings. The first kappa shape index (κ1) is 34.5. The number of aromatic nitrogens is 2. The molecular weight excluding hydrogens is 562 g/mol. The summed E-state index contributed by atoms with van der Waals surface area (Å²) >= 11 is 0. The molecule has 0 amide bonds. The molecule has 2 aromatic heterocycles. The lowest BCUT2D eigenvalue weighted by molar-refractivity contribution is -0.596. The van der Waals surface area contributed by atoms with E-state index >= 15 is 0 Å². The van der Waals surface area contributed by atoms with Crippen molar-refractivity contribution in [3.05, 3.63) is 109 Å². The van der Waals surface area contributed by atoms with E-state index in [4.69, 9.17) is 0 Å². The van der Waals surface area contributed by atoms with Crippen molar-refractivity contribution in [2.45, 2.75) is 52.4 Å². The molecule has 0 unspecified atom stereocenters. The van der Waals surface area contributed by atoms with Crippen molar-refractivity contribution in [2.75, 3.05) is 0 Å². The average molecular weight is 596 g/mol. The highest BCUT2D eigenvalue weighted by Crippen LogP contribution is 2.24. The first-order valence-electron chi connectivity index (χ1n) is 13.1. The van der Waals surface area contributed by atoms with Crippen LogP contribution in [0.25, 0.3) is 22.5 Å². The number of hydrogen-bond donors (Lipinski definition) is 0. The quantitative estimate of drug-likeness (QED) is 0.127. The summed E-state index contributed by atoms with van der Waals surface area (Å²) in [6, 6.07) is 26.3. The molecule has 2 aromatic carbocycles. The maximum Gasteiger partial charge on any atom is 0.673 e. The van der Waals surface area contributed by atoms with Crippen LogP contribution in [0.2, 0.25) is 0 Å². The van der Waals surface area contributed by atoms with Gasteiger partial charge in [0.1, 0.15) is 0 Å². The standard InChI is InChI=1S/C30H34N2.2BF4/c1-29(2,3)25-9-7-11-27(21-25)31-17-13-23(14-18-31)24-15-19-32(20-16-24)28-12-8-10-26(22-28)30(4,5)6;2*2-1(3,4)5/h7-22H,1-6H3;;/q+2;2*-1. The summed E-state index contributed by atoms with van der Waals surface area (Å²) in [6.07, 6.45) is 8.58. The van der Waals surface area contributed by atoms with E-state index in [0.717, 1.165) is 0 Å². The lowest BCUT2D eigenvalue weighted by atomic mass is 9.87. The van der Waals surface area contributed by atoms with Gasteiger partial charge in [0.05, 0.1) is 0 Å². The van der Waals surface area contributed by atoms with Gasteiger partial charge < -0.3 is 34.5 Å². The van der Waals surface area contributed by atoms with Gasteiger partial charge in [0.2, 0.25) is 11.4 Å². The maximum absolute atomic E-state index is 9.75. The third-order valence-corrected chi connectivity index (χ3v) is 6.01. The molecule has 2 heterocycles. The fourth-order valence-corrected chi connectivity index (χ4v) is 3.85. The van der Waals surface area contributed by atoms with Crippen LogP contribution in [-0.2, 0) is 10.8 Å². The van der Waals surface area contributed by atoms with E-state index in [0.29, 0.717) is 0 Å². The molecule has 0 fully saturated rings. The van der Waals surface area contributed by atoms with Gasteiger partial charge in [0, 0.05) is 48.5 Å². The van der Waals surface area contributed by atoms with E-state index in [1.54, 1.807) is 0 Å². The molecule has 0 N–H and O–H groups in total. The van der Waals surface area contributed by atoms with Crippen LogP contribution in [0.15, 0.2) is 97.6 Å². The van der Waals surface area contributed by atoms with Crippen molar-refractivity contribution >= 4 is 14.5 Å². The van der Waals surface area contributed by atoms with Crippen LogP contribution in [0.3, 0.4) is 0 Å². The van der Waals surface area contributed by atoms with E-state index in [1.165, 1.54) is 33.6 Å². The largest absolute Gasteiger partial charge is 0.673 e. The number of benzene rings is 2. The van der Waals surface area contributed by atoms with Crippen LogP contribution in [0.1, 0.15) is 52.7 Å². The number of rotatable bonds is 3. The Labute approximate surface area is 241 Å². The van der Waals surface area contributed by atoms with Crippen molar-refractivity contribution < 1.29 is 43.7 Å². The fraction of sp³-hybridized carbons (Fsp3) is 0.267. The van der Waals surface area contributed by atoms with Gasteiger partial charge in [-0.1, -0.05) is 65.8 Å². The Hall–Kier alpha value is -3.69. The average Bonchev–Trinajstić information content (AvgIpc) is 2.86. The second-order valence-corrected chi connectivity index (χ2v) is 11.6. The van der Waals surface area contributed by atoms with E-state index < -0.39 is 14.5 Å². The molecule has 0 aliphatic rings. The summed E-state index contributed by atoms with van der Waals surface area (Å²) in [5, 5.41) is 0. The van der Waals surface area contributed by atoms with Crippen LogP contribution < -0.4 is 9.13 Å². The van der Waals surface area contributed by atoms with Gasteiger partial charge in [0.25, 0.3) is 0 Å². The summed E-state index contributed by atoms with van der Waals surface area (Å²) in [5.41, 5.74) is 7.77. The smallest absolute Gasteiger partial charge is 0.418 e. The van der Waals surface area contributed by atoms with Gasteiger partial charge >= 0.3 is 14.5 Å². The first-order valence-corrected chi connectivity index (χ1v) is 13.1. The Kier molecular flexibility index (Phi) is 11.1. The van der Waals surface area contributed by atoms with Gasteiger partial charge in [-0.2, -0.15) is 9.13 Å². The Balaban J connectivity index is 0.000000533. The zero-order valence-electron chi connectivity index (χ0n) is 24.3. The molecule has 0 radical (unpaired) electrons. The summed E-state index contributed by atoms with van der Waals surface area (Å²) in [6.45, 7) is 13.5. The van der Waals surface area contributed by atoms with Crippen molar-refractivity contribution in [3.8, 4) is 22.5 Å². The van der Waals surface area contributed by atoms with Crippen molar-refractivity contribution in [3.63, 3.8) is 0 Å². The molecule has 0 spiro atoms. The highest BCUT2D eigenvalue weighted by molar-refractivity contribution is 6.50. The Morgan fingerprint density at radius 1 is 0.452 bits per heavy atom. The molecule has 0 bridgehead atoms. The van der Waals surface area contributed by atoms with E-state index in [-0.39, 0.29) is 10.8 Å². The lowest BCUT2D eigenvalue weighted by Gasteiger charge is -2.18. The first-order chi connectivity index (χ1) is 19.1. The van der Waals surface area contributed by atoms with Gasteiger partial charge in [-0.3, -0.25) is 0 Å². The van der Waals surface area contributed by atoms with Crippen LogP contribution >= 0.6 is 0 Å². The SMILES string of the molecule is CC(C)(C)c1cccc(-[n+]2ccc(-c3cc[n+](-c4cccc(C(C)(C)C)c4)cc3)cc2)c1.F[B-](F)(F)F.F[B-](F)(F)F. The molecule has 0 saturated carbocycles. The number of pyridine rings is 2. The third-order valence-electron chi connectivity index (χ3n) is 6.01. The molecular formula is C30H34B2F8N2. The van der Waals surface area contributed by atoms with Gasteiger partial charge in [-0.25, -0.2) is 0 Å². The lowest BCUT2D eigenvalue weighted by Crippen LogP contribution is -2.30. The molecule has 226 valence electrons. The minimum atomic E-state index is -6.00. The number of nitrogens with zero attached hydrogens (tertiary/aromatic N) is 2. The highest BCUT2D eigenvalue weighted by atomic mass is 19.5. The Morgan fingerprint density at radius 2 is 0.714 bits per heavy atom. The number of hydrogen-bond acceptors (Lipinski definition) is 0. The Morgan fingerprint density at radius 3 is 0.952 bits per heavy atom. The second kappa shape index (κ2) is 13.5. The molecule has 0 atom stereocenters. The molecule has 0 saturated heterocycles. The normalized spacial score (nSPS) is 12.0. The molecule has 4 rings (SSSR count). The van der Waals surface area contributed by atoms with E-state index in [9.17, 15) is 34.5 Å². The monoisotopic (exact) mass is 596 g/mol. The molecule has 2 nitrogen and oxygen atoms in total. The minimum absolute atomic E-state index is 0.141. The van der Waals surface area contributed by atoms with Crippen LogP contribution in [0.5, 0.6) is 0 Å². The summed E-state index contributed by atoms with van der Waals surface area (Å²) in [7, 11) is -12.0. The molecule has 0 aliphatic carbocycles. The van der Waals surface area contributed by atoms with Crippen molar-refractivity contribution in [1.82, 2.24) is 0 Å². The van der Waals surface area contributed by atoms with E-state index in [2.05, 4.69) is 148 Å². The summed E-state index contributed by atoms with van der Waals surface area (Å²) in [4.78, 5) is 0. The maximum atomic E-state index is 9.75. The topological polar surface area (TPSA) is 7.76 Å². The van der Waals surface area contributed by atoms with Crippen LogP contribution in [0, 0.1) is 0 Å². The van der Waals surface area contributed by atoms with Crippen molar-refractivity contribution in [1.29, 1.82) is 0 Å². The molecule has 12 heteroatoms. The zero-order chi connectivity index (χ0) is 31.9. The predicted molar refractivity (Wildman–Crippen MR) is 153 cm³/mol.